The van der Waals surface area contributed by atoms with Gasteiger partial charge in [-0.3, -0.25) is 0 Å². The van der Waals surface area contributed by atoms with Gasteiger partial charge in [-0.05, 0) is 0 Å². The van der Waals surface area contributed by atoms with Crippen molar-refractivity contribution in [2.75, 3.05) is 0 Å². The monoisotopic (exact) mass is 263 g/mol. The number of rotatable bonds is 0. The van der Waals surface area contributed by atoms with E-state index in [1.165, 1.54) is 0 Å². The van der Waals surface area contributed by atoms with E-state index in [9.17, 15) is 0 Å². The van der Waals surface area contributed by atoms with Gasteiger partial charge < -0.3 is 0 Å². The summed E-state index contributed by atoms with van der Waals surface area (Å²) in [5.74, 6) is 0. The third-order valence-corrected chi connectivity index (χ3v) is 0. The molecule has 0 spiro atoms. The zero-order valence-corrected chi connectivity index (χ0v) is 7.91. The van der Waals surface area contributed by atoms with Crippen molar-refractivity contribution in [1.82, 2.24) is 0 Å². The molecule has 0 aromatic rings. The van der Waals surface area contributed by atoms with Crippen LogP contribution in [0.4, 0.5) is 0 Å². The van der Waals surface area contributed by atoms with Crippen LogP contribution in [-0.4, -0.2) is 22.5 Å². The van der Waals surface area contributed by atoms with Crippen LogP contribution in [0.3, 0.4) is 0 Å². The van der Waals surface area contributed by atoms with Gasteiger partial charge in [0.15, 0.2) is 0 Å². The van der Waals surface area contributed by atoms with E-state index < -0.39 is 0 Å². The summed E-state index contributed by atoms with van der Waals surface area (Å²) in [5, 5.41) is 0. The van der Waals surface area contributed by atoms with Crippen LogP contribution in [0.5, 0.6) is 0 Å². The molecule has 0 rings (SSSR count). The van der Waals surface area contributed by atoms with Gasteiger partial charge in [0.25, 0.3) is 0 Å². The first-order valence-electron chi connectivity index (χ1n) is 0.204. The van der Waals surface area contributed by atoms with Crippen LogP contribution in [-0.2, 0) is 25.5 Å². The minimum atomic E-state index is 0. The Morgan fingerprint density at radius 1 is 1.25 bits per heavy atom. The van der Waals surface area contributed by atoms with Gasteiger partial charge in [0.1, 0.15) is 0 Å². The molecule has 0 saturated heterocycles. The maximum atomic E-state index is 8.34. The SMILES string of the molecule is S.[Nb].[O]=[Sn]. The van der Waals surface area contributed by atoms with Gasteiger partial charge >= 0.3 is 25.6 Å². The third-order valence-electron chi connectivity index (χ3n) is 0. The molecule has 0 fully saturated rings. The summed E-state index contributed by atoms with van der Waals surface area (Å²) in [7, 11) is 0. The first kappa shape index (κ1) is 17.3. The van der Waals surface area contributed by atoms with Crippen LogP contribution in [0.15, 0.2) is 0 Å². The van der Waals surface area contributed by atoms with Crippen LogP contribution in [0.25, 0.3) is 0 Å². The fraction of sp³-hybridized carbons (Fsp3) is 0. The van der Waals surface area contributed by atoms with Gasteiger partial charge in [0.05, 0.1) is 0 Å². The molecule has 4 heteroatoms. The Labute approximate surface area is 61.0 Å². The van der Waals surface area contributed by atoms with E-state index in [0.717, 1.165) is 0 Å². The maximum absolute atomic E-state index is 8.34. The molecule has 3 radical (unpaired) electrons. The molecule has 4 heavy (non-hydrogen) atoms. The second-order valence-electron chi connectivity index (χ2n) is 0. The third kappa shape index (κ3) is 9.35. The van der Waals surface area contributed by atoms with Crippen molar-refractivity contribution in [2.24, 2.45) is 0 Å². The van der Waals surface area contributed by atoms with E-state index in [0.29, 0.717) is 22.5 Å². The molecular formula is H2NbOSSn. The second-order valence-corrected chi connectivity index (χ2v) is 0. The van der Waals surface area contributed by atoms with Gasteiger partial charge in [-0.15, -0.1) is 0 Å². The van der Waals surface area contributed by atoms with Crippen molar-refractivity contribution in [3.8, 4) is 0 Å². The summed E-state index contributed by atoms with van der Waals surface area (Å²) in [6.45, 7) is 0. The number of hydrogen-bond acceptors (Lipinski definition) is 1. The quantitative estimate of drug-likeness (QED) is 0.543. The van der Waals surface area contributed by atoms with E-state index in [1.807, 2.05) is 0 Å². The van der Waals surface area contributed by atoms with E-state index in [2.05, 4.69) is 0 Å². The Kier molecular flexibility index (Phi) is 96.7. The van der Waals surface area contributed by atoms with Crippen LogP contribution in [0, 0.1) is 0 Å². The molecule has 0 N–H and O–H groups in total. The van der Waals surface area contributed by atoms with Gasteiger partial charge in [-0.25, -0.2) is 0 Å². The van der Waals surface area contributed by atoms with Gasteiger partial charge in [0, 0.05) is 22.4 Å². The van der Waals surface area contributed by atoms with Crippen LogP contribution in [0.2, 0.25) is 0 Å². The van der Waals surface area contributed by atoms with Crippen LogP contribution in [0.1, 0.15) is 0 Å². The van der Waals surface area contributed by atoms with Crippen molar-refractivity contribution in [3.63, 3.8) is 0 Å². The van der Waals surface area contributed by atoms with Crippen molar-refractivity contribution < 1.29 is 25.5 Å². The molecule has 0 aliphatic carbocycles. The Balaban J connectivity index is -0.00000000500. The molecule has 0 atom stereocenters. The summed E-state index contributed by atoms with van der Waals surface area (Å²) in [4.78, 5) is 0. The molecule has 0 unspecified atom stereocenters. The Bertz CT molecular complexity index is 8.00. The summed E-state index contributed by atoms with van der Waals surface area (Å²) < 4.78 is 8.34. The van der Waals surface area contributed by atoms with Gasteiger partial charge in [-0.1, -0.05) is 0 Å². The summed E-state index contributed by atoms with van der Waals surface area (Å²) in [6, 6.07) is 0. The summed E-state index contributed by atoms with van der Waals surface area (Å²) >= 11 is 0.300. The van der Waals surface area contributed by atoms with E-state index in [-0.39, 0.29) is 35.9 Å². The molecule has 0 amide bonds. The molecule has 1 nitrogen and oxygen atoms in total. The molecule has 0 heterocycles. The van der Waals surface area contributed by atoms with Crippen molar-refractivity contribution >= 4 is 36.0 Å². The first-order chi connectivity index (χ1) is 1.00. The molecule has 0 bridgehead atoms. The number of hydrogen-bond donors (Lipinski definition) is 0. The predicted molar refractivity (Wildman–Crippen MR) is 16.8 cm³/mol. The first-order valence-corrected chi connectivity index (χ1v) is 1.37. The van der Waals surface area contributed by atoms with Gasteiger partial charge in [0.2, 0.25) is 0 Å². The molecule has 0 saturated carbocycles. The molecule has 0 aromatic carbocycles. The molecule has 0 aliphatic rings. The molecule has 0 aliphatic heterocycles. The Hall–Kier alpha value is 1.69. The molecular weight excluding hydrogens is 260 g/mol. The van der Waals surface area contributed by atoms with Crippen LogP contribution >= 0.6 is 13.5 Å². The topological polar surface area (TPSA) is 17.1 Å². The molecule has 23 valence electrons. The summed E-state index contributed by atoms with van der Waals surface area (Å²) in [5.41, 5.74) is 0. The average molecular weight is 262 g/mol. The van der Waals surface area contributed by atoms with Gasteiger partial charge in [-0.2, -0.15) is 13.5 Å². The standard InChI is InChI=1S/Nb.O.H2S.Sn/h;;1H2;. The van der Waals surface area contributed by atoms with E-state index in [4.69, 9.17) is 3.08 Å². The van der Waals surface area contributed by atoms with Crippen molar-refractivity contribution in [3.05, 3.63) is 0 Å². The Morgan fingerprint density at radius 2 is 1.25 bits per heavy atom. The van der Waals surface area contributed by atoms with Crippen LogP contribution < -0.4 is 0 Å². The van der Waals surface area contributed by atoms with Crippen molar-refractivity contribution in [2.45, 2.75) is 0 Å². The average Bonchev–Trinajstić information content (AvgIpc) is 1.00. The minimum absolute atomic E-state index is 0. The normalized spacial score (nSPS) is 1.00. The predicted octanol–water partition coefficient (Wildman–Crippen LogP) is -0.389. The second kappa shape index (κ2) is 22.4. The zero-order chi connectivity index (χ0) is 2.00. The van der Waals surface area contributed by atoms with E-state index >= 15 is 0 Å². The van der Waals surface area contributed by atoms with E-state index in [1.54, 1.807) is 0 Å². The van der Waals surface area contributed by atoms with Crippen molar-refractivity contribution in [1.29, 1.82) is 0 Å². The Morgan fingerprint density at radius 3 is 1.25 bits per heavy atom. The fourth-order valence-electron chi connectivity index (χ4n) is 0. The zero-order valence-electron chi connectivity index (χ0n) is 1.86. The fourth-order valence-corrected chi connectivity index (χ4v) is 0. The summed E-state index contributed by atoms with van der Waals surface area (Å²) in [6.07, 6.45) is 0. The molecule has 0 aromatic heterocycles.